The molecular weight excluding hydrogens is 478 g/mol. The maximum absolute atomic E-state index is 13.3. The van der Waals surface area contributed by atoms with Crippen LogP contribution >= 0.6 is 0 Å². The van der Waals surface area contributed by atoms with Crippen LogP contribution < -0.4 is 9.64 Å². The van der Waals surface area contributed by atoms with E-state index >= 15 is 0 Å². The highest BCUT2D eigenvalue weighted by molar-refractivity contribution is 5.90. The highest BCUT2D eigenvalue weighted by Gasteiger charge is 2.36. The van der Waals surface area contributed by atoms with Crippen molar-refractivity contribution in [1.29, 1.82) is 0 Å². The predicted molar refractivity (Wildman–Crippen MR) is 151 cm³/mol. The second kappa shape index (κ2) is 14.0. The molecule has 6 heteroatoms. The third-order valence-corrected chi connectivity index (χ3v) is 6.92. The van der Waals surface area contributed by atoms with Gasteiger partial charge in [-0.2, -0.15) is 0 Å². The van der Waals surface area contributed by atoms with Crippen molar-refractivity contribution >= 4 is 17.7 Å². The van der Waals surface area contributed by atoms with Gasteiger partial charge in [0.25, 0.3) is 0 Å². The minimum Gasteiger partial charge on any atom is -0.497 e. The van der Waals surface area contributed by atoms with Gasteiger partial charge in [-0.15, -0.1) is 0 Å². The molecule has 1 aliphatic heterocycles. The standard InChI is InChI=1S/C32H43NO5/c1-6-7-8-10-15-25-23-37-30(34)22-29(25)28(24-13-11-9-12-14-24)20-21-33(31(35)38-32(2,3)4)26-16-18-27(36-5)19-17-26/h9,11-14,16-21,25,28-29H,6-8,10,15,22-23H2,1-5H3/b21-20-/t25-,28+,29-/m0/s1. The van der Waals surface area contributed by atoms with Crippen molar-refractivity contribution in [3.05, 3.63) is 72.4 Å². The van der Waals surface area contributed by atoms with Crippen molar-refractivity contribution in [1.82, 2.24) is 0 Å². The SMILES string of the molecule is CCCCCC[C@H]1COC(=O)C[C@@H]1[C@H](/C=C\N(C(=O)OC(C)(C)C)c1ccc(OC)cc1)c1ccccc1. The summed E-state index contributed by atoms with van der Waals surface area (Å²) in [5.74, 6) is 0.815. The van der Waals surface area contributed by atoms with Crippen LogP contribution in [-0.2, 0) is 14.3 Å². The number of hydrogen-bond donors (Lipinski definition) is 0. The van der Waals surface area contributed by atoms with Gasteiger partial charge in [0.2, 0.25) is 0 Å². The smallest absolute Gasteiger partial charge is 0.418 e. The lowest BCUT2D eigenvalue weighted by Crippen LogP contribution is -2.35. The summed E-state index contributed by atoms with van der Waals surface area (Å²) in [6.45, 7) is 8.21. The number of cyclic esters (lactones) is 1. The molecule has 0 bridgehead atoms. The Bertz CT molecular complexity index is 1040. The summed E-state index contributed by atoms with van der Waals surface area (Å²) in [7, 11) is 1.61. The molecule has 1 aliphatic rings. The molecule has 3 rings (SSSR count). The number of carbonyl (C=O) groups excluding carboxylic acids is 2. The highest BCUT2D eigenvalue weighted by Crippen LogP contribution is 2.40. The zero-order valence-electron chi connectivity index (χ0n) is 23.5. The molecule has 0 saturated carbocycles. The molecule has 1 heterocycles. The number of amides is 1. The van der Waals surface area contributed by atoms with Gasteiger partial charge in [-0.1, -0.05) is 69.0 Å². The summed E-state index contributed by atoms with van der Waals surface area (Å²) in [5.41, 5.74) is 1.13. The third-order valence-electron chi connectivity index (χ3n) is 6.92. The van der Waals surface area contributed by atoms with Gasteiger partial charge in [0.1, 0.15) is 11.4 Å². The molecule has 1 amide bonds. The van der Waals surface area contributed by atoms with Crippen LogP contribution in [0.4, 0.5) is 10.5 Å². The van der Waals surface area contributed by atoms with Crippen molar-refractivity contribution < 1.29 is 23.8 Å². The largest absolute Gasteiger partial charge is 0.497 e. The van der Waals surface area contributed by atoms with Gasteiger partial charge in [0, 0.05) is 18.5 Å². The summed E-state index contributed by atoms with van der Waals surface area (Å²) < 4.78 is 16.6. The number of ether oxygens (including phenoxy) is 3. The minimum absolute atomic E-state index is 0.0663. The molecule has 1 saturated heterocycles. The molecule has 0 radical (unpaired) electrons. The first-order valence-electron chi connectivity index (χ1n) is 13.8. The van der Waals surface area contributed by atoms with Gasteiger partial charge in [-0.3, -0.25) is 9.69 Å². The van der Waals surface area contributed by atoms with Gasteiger partial charge in [0.05, 0.1) is 19.4 Å². The lowest BCUT2D eigenvalue weighted by atomic mass is 9.73. The lowest BCUT2D eigenvalue weighted by Gasteiger charge is -2.36. The Morgan fingerprint density at radius 2 is 1.79 bits per heavy atom. The molecule has 3 atom stereocenters. The first-order chi connectivity index (χ1) is 18.2. The van der Waals surface area contributed by atoms with E-state index in [2.05, 4.69) is 19.1 Å². The highest BCUT2D eigenvalue weighted by atomic mass is 16.6. The molecule has 0 aliphatic carbocycles. The molecule has 6 nitrogen and oxygen atoms in total. The minimum atomic E-state index is -0.648. The van der Waals surface area contributed by atoms with E-state index in [1.165, 1.54) is 24.2 Å². The number of benzene rings is 2. The summed E-state index contributed by atoms with van der Waals surface area (Å²) in [6, 6.07) is 17.5. The maximum Gasteiger partial charge on any atom is 0.418 e. The van der Waals surface area contributed by atoms with Crippen LogP contribution in [0.15, 0.2) is 66.9 Å². The Balaban J connectivity index is 1.96. The number of carbonyl (C=O) groups is 2. The average molecular weight is 522 g/mol. The first kappa shape index (κ1) is 29.3. The number of hydrogen-bond acceptors (Lipinski definition) is 5. The summed E-state index contributed by atoms with van der Waals surface area (Å²) in [5, 5.41) is 0. The van der Waals surface area contributed by atoms with Crippen LogP contribution in [0, 0.1) is 11.8 Å². The van der Waals surface area contributed by atoms with E-state index in [1.807, 2.05) is 69.3 Å². The zero-order valence-corrected chi connectivity index (χ0v) is 23.5. The van der Waals surface area contributed by atoms with Crippen LogP contribution in [0.5, 0.6) is 5.75 Å². The van der Waals surface area contributed by atoms with E-state index in [-0.39, 0.29) is 23.7 Å². The van der Waals surface area contributed by atoms with Crippen LogP contribution in [0.2, 0.25) is 0 Å². The molecule has 0 N–H and O–H groups in total. The van der Waals surface area contributed by atoms with Gasteiger partial charge >= 0.3 is 12.1 Å². The van der Waals surface area contributed by atoms with Crippen molar-refractivity contribution in [2.75, 3.05) is 18.6 Å². The van der Waals surface area contributed by atoms with Gasteiger partial charge in [0.15, 0.2) is 0 Å². The monoisotopic (exact) mass is 521 g/mol. The number of allylic oxidation sites excluding steroid dienone is 1. The second-order valence-electron chi connectivity index (χ2n) is 11.0. The fourth-order valence-electron chi connectivity index (χ4n) is 4.95. The number of anilines is 1. The zero-order chi connectivity index (χ0) is 27.5. The first-order valence-corrected chi connectivity index (χ1v) is 13.8. The molecule has 0 aromatic heterocycles. The predicted octanol–water partition coefficient (Wildman–Crippen LogP) is 7.88. The van der Waals surface area contributed by atoms with Crippen LogP contribution in [0.1, 0.15) is 77.7 Å². The average Bonchev–Trinajstić information content (AvgIpc) is 2.89. The number of esters is 1. The number of methoxy groups -OCH3 is 1. The van der Waals surface area contributed by atoms with Crippen molar-refractivity contribution in [3.8, 4) is 5.75 Å². The van der Waals surface area contributed by atoms with E-state index in [4.69, 9.17) is 14.2 Å². The Morgan fingerprint density at radius 3 is 2.42 bits per heavy atom. The quantitative estimate of drug-likeness (QED) is 0.222. The van der Waals surface area contributed by atoms with Crippen LogP contribution in [0.3, 0.4) is 0 Å². The third kappa shape index (κ3) is 8.64. The Labute approximate surface area is 228 Å². The number of nitrogens with zero attached hydrogens (tertiary/aromatic N) is 1. The summed E-state index contributed by atoms with van der Waals surface area (Å²) >= 11 is 0. The molecule has 0 spiro atoms. The van der Waals surface area contributed by atoms with E-state index in [0.29, 0.717) is 24.5 Å². The van der Waals surface area contributed by atoms with Gasteiger partial charge < -0.3 is 14.2 Å². The van der Waals surface area contributed by atoms with Gasteiger partial charge in [-0.25, -0.2) is 4.79 Å². The maximum atomic E-state index is 13.3. The van der Waals surface area contributed by atoms with E-state index < -0.39 is 11.7 Å². The Morgan fingerprint density at radius 1 is 1.08 bits per heavy atom. The van der Waals surface area contributed by atoms with Crippen molar-refractivity contribution in [3.63, 3.8) is 0 Å². The van der Waals surface area contributed by atoms with Crippen molar-refractivity contribution in [2.24, 2.45) is 11.8 Å². The molecule has 38 heavy (non-hydrogen) atoms. The van der Waals surface area contributed by atoms with E-state index in [9.17, 15) is 9.59 Å². The Kier molecular flexibility index (Phi) is 10.8. The summed E-state index contributed by atoms with van der Waals surface area (Å²) in [4.78, 5) is 27.3. The van der Waals surface area contributed by atoms with Crippen LogP contribution in [0.25, 0.3) is 0 Å². The van der Waals surface area contributed by atoms with Crippen molar-refractivity contribution in [2.45, 2.75) is 77.7 Å². The summed E-state index contributed by atoms with van der Waals surface area (Å²) in [6.07, 6.45) is 9.45. The topological polar surface area (TPSA) is 65.1 Å². The Hall–Kier alpha value is -3.28. The molecule has 0 unspecified atom stereocenters. The number of unbranched alkanes of at least 4 members (excludes halogenated alkanes) is 3. The lowest BCUT2D eigenvalue weighted by molar-refractivity contribution is -0.153. The fourth-order valence-corrected chi connectivity index (χ4v) is 4.95. The molecule has 2 aromatic carbocycles. The van der Waals surface area contributed by atoms with Crippen LogP contribution in [-0.4, -0.2) is 31.4 Å². The normalized spacial score (nSPS) is 18.6. The molecule has 2 aromatic rings. The molecule has 1 fully saturated rings. The second-order valence-corrected chi connectivity index (χ2v) is 11.0. The fraction of sp³-hybridized carbons (Fsp3) is 0.500. The van der Waals surface area contributed by atoms with E-state index in [1.54, 1.807) is 13.3 Å². The molecular formula is C32H43NO5. The number of rotatable bonds is 11. The molecule has 206 valence electrons. The van der Waals surface area contributed by atoms with E-state index in [0.717, 1.165) is 18.4 Å². The van der Waals surface area contributed by atoms with Gasteiger partial charge in [-0.05, 0) is 68.9 Å².